The fraction of sp³-hybridized carbons (Fsp3) is 0.538. The Kier molecular flexibility index (Phi) is 2.89. The number of hydrogen-bond acceptors (Lipinski definition) is 2. The molecule has 0 bridgehead atoms. The zero-order valence-corrected chi connectivity index (χ0v) is 9.79. The predicted octanol–water partition coefficient (Wildman–Crippen LogP) is 2.46. The van der Waals surface area contributed by atoms with Crippen LogP contribution in [-0.2, 0) is 5.41 Å². The van der Waals surface area contributed by atoms with Crippen LogP contribution in [0.4, 0.5) is 4.39 Å². The van der Waals surface area contributed by atoms with Crippen molar-refractivity contribution >= 4 is 0 Å². The summed E-state index contributed by atoms with van der Waals surface area (Å²) in [6.07, 6.45) is 2.30. The van der Waals surface area contributed by atoms with E-state index < -0.39 is 0 Å². The molecule has 1 aromatic rings. The summed E-state index contributed by atoms with van der Waals surface area (Å²) in [6.45, 7) is 2.54. The van der Waals surface area contributed by atoms with Crippen molar-refractivity contribution in [3.8, 4) is 5.75 Å². The number of ether oxygens (including phenoxy) is 1. The molecule has 2 rings (SSSR count). The molecule has 0 heterocycles. The summed E-state index contributed by atoms with van der Waals surface area (Å²) in [4.78, 5) is 0. The van der Waals surface area contributed by atoms with Gasteiger partial charge in [-0.25, -0.2) is 4.39 Å². The lowest BCUT2D eigenvalue weighted by atomic mass is 9.77. The summed E-state index contributed by atoms with van der Waals surface area (Å²) >= 11 is 0. The normalized spacial score (nSPS) is 19.2. The number of rotatable bonds is 4. The van der Waals surface area contributed by atoms with Crippen molar-refractivity contribution in [3.63, 3.8) is 0 Å². The van der Waals surface area contributed by atoms with Gasteiger partial charge in [-0.1, -0.05) is 13.0 Å². The van der Waals surface area contributed by atoms with Crippen LogP contribution in [0.25, 0.3) is 0 Å². The summed E-state index contributed by atoms with van der Waals surface area (Å²) in [5.74, 6) is 0.871. The Morgan fingerprint density at radius 3 is 2.62 bits per heavy atom. The Balaban J connectivity index is 2.38. The van der Waals surface area contributed by atoms with Gasteiger partial charge in [-0.2, -0.15) is 0 Å². The molecular weight excluding hydrogens is 205 g/mol. The molecule has 0 aliphatic heterocycles. The van der Waals surface area contributed by atoms with Gasteiger partial charge in [0.15, 0.2) is 0 Å². The van der Waals surface area contributed by atoms with E-state index in [1.807, 2.05) is 0 Å². The third-order valence-corrected chi connectivity index (χ3v) is 3.69. The van der Waals surface area contributed by atoms with Crippen LogP contribution in [0.2, 0.25) is 0 Å². The van der Waals surface area contributed by atoms with E-state index in [4.69, 9.17) is 10.5 Å². The molecule has 16 heavy (non-hydrogen) atoms. The number of halogens is 1. The van der Waals surface area contributed by atoms with Gasteiger partial charge in [0.25, 0.3) is 0 Å². The molecule has 2 nitrogen and oxygen atoms in total. The van der Waals surface area contributed by atoms with Crippen molar-refractivity contribution in [1.82, 2.24) is 0 Å². The van der Waals surface area contributed by atoms with Crippen molar-refractivity contribution in [1.29, 1.82) is 0 Å². The third-order valence-electron chi connectivity index (χ3n) is 3.69. The van der Waals surface area contributed by atoms with Gasteiger partial charge in [0.05, 0.1) is 7.11 Å². The Morgan fingerprint density at radius 1 is 1.50 bits per heavy atom. The van der Waals surface area contributed by atoms with Gasteiger partial charge >= 0.3 is 0 Å². The molecule has 0 amide bonds. The van der Waals surface area contributed by atoms with E-state index in [-0.39, 0.29) is 11.2 Å². The van der Waals surface area contributed by atoms with Gasteiger partial charge in [0.1, 0.15) is 11.6 Å². The van der Waals surface area contributed by atoms with Gasteiger partial charge in [-0.05, 0) is 30.4 Å². The molecule has 1 aromatic carbocycles. The summed E-state index contributed by atoms with van der Waals surface area (Å²) in [6, 6.07) is 5.04. The number of methoxy groups -OCH3 is 1. The summed E-state index contributed by atoms with van der Waals surface area (Å²) in [5.41, 5.74) is 6.32. The number of nitrogens with two attached hydrogens (primary N) is 1. The molecule has 0 saturated heterocycles. The molecular formula is C13H18FNO. The number of benzene rings is 1. The Hall–Kier alpha value is -1.09. The van der Waals surface area contributed by atoms with Crippen LogP contribution in [-0.4, -0.2) is 13.7 Å². The maximum absolute atomic E-state index is 14.0. The molecule has 1 atom stereocenters. The van der Waals surface area contributed by atoms with Crippen molar-refractivity contribution in [2.24, 2.45) is 11.7 Å². The molecule has 2 N–H and O–H groups in total. The zero-order chi connectivity index (χ0) is 11.8. The molecule has 1 aliphatic carbocycles. The van der Waals surface area contributed by atoms with Crippen LogP contribution >= 0.6 is 0 Å². The van der Waals surface area contributed by atoms with Crippen LogP contribution < -0.4 is 10.5 Å². The van der Waals surface area contributed by atoms with E-state index in [1.54, 1.807) is 12.1 Å². The quantitative estimate of drug-likeness (QED) is 0.851. The van der Waals surface area contributed by atoms with E-state index in [0.29, 0.717) is 18.2 Å². The van der Waals surface area contributed by atoms with Gasteiger partial charge in [-0.3, -0.25) is 0 Å². The zero-order valence-electron chi connectivity index (χ0n) is 9.79. The minimum absolute atomic E-state index is 0.209. The molecule has 0 spiro atoms. The smallest absolute Gasteiger partial charge is 0.130 e. The summed E-state index contributed by atoms with van der Waals surface area (Å²) in [5, 5.41) is 0. The second-order valence-corrected chi connectivity index (χ2v) is 4.74. The highest BCUT2D eigenvalue weighted by atomic mass is 19.1. The standard InChI is InChI=1S/C13H18FNO/c1-13(8-15,9-3-4-9)11-6-5-10(16-2)7-12(11)14/h5-7,9H,3-4,8,15H2,1-2H3. The van der Waals surface area contributed by atoms with Crippen molar-refractivity contribution in [3.05, 3.63) is 29.6 Å². The van der Waals surface area contributed by atoms with Crippen LogP contribution in [0, 0.1) is 11.7 Å². The lowest BCUT2D eigenvalue weighted by Crippen LogP contribution is -2.35. The molecule has 1 fully saturated rings. The van der Waals surface area contributed by atoms with Crippen molar-refractivity contribution < 1.29 is 9.13 Å². The third kappa shape index (κ3) is 1.80. The Bertz CT molecular complexity index is 390. The van der Waals surface area contributed by atoms with Crippen molar-refractivity contribution in [2.45, 2.75) is 25.2 Å². The average Bonchev–Trinajstić information content (AvgIpc) is 3.12. The fourth-order valence-electron chi connectivity index (χ4n) is 2.30. The van der Waals surface area contributed by atoms with Gasteiger partial charge in [0, 0.05) is 18.0 Å². The molecule has 88 valence electrons. The lowest BCUT2D eigenvalue weighted by Gasteiger charge is -2.29. The Morgan fingerprint density at radius 2 is 2.19 bits per heavy atom. The molecule has 1 unspecified atom stereocenters. The molecule has 0 aromatic heterocycles. The highest BCUT2D eigenvalue weighted by molar-refractivity contribution is 5.35. The maximum atomic E-state index is 14.0. The van der Waals surface area contributed by atoms with E-state index in [2.05, 4.69) is 6.92 Å². The first kappa shape index (κ1) is 11.4. The first-order valence-electron chi connectivity index (χ1n) is 5.66. The average molecular weight is 223 g/mol. The summed E-state index contributed by atoms with van der Waals surface area (Å²) < 4.78 is 19.0. The van der Waals surface area contributed by atoms with E-state index in [9.17, 15) is 4.39 Å². The second-order valence-electron chi connectivity index (χ2n) is 4.74. The van der Waals surface area contributed by atoms with Gasteiger partial charge in [-0.15, -0.1) is 0 Å². The largest absolute Gasteiger partial charge is 0.497 e. The van der Waals surface area contributed by atoms with Gasteiger partial charge < -0.3 is 10.5 Å². The molecule has 3 heteroatoms. The SMILES string of the molecule is COc1ccc(C(C)(CN)C2CC2)c(F)c1. The molecule has 0 radical (unpaired) electrons. The van der Waals surface area contributed by atoms with Crippen LogP contribution in [0.5, 0.6) is 5.75 Å². The van der Waals surface area contributed by atoms with Crippen LogP contribution in [0.1, 0.15) is 25.3 Å². The van der Waals surface area contributed by atoms with Crippen LogP contribution in [0.3, 0.4) is 0 Å². The number of hydrogen-bond donors (Lipinski definition) is 1. The van der Waals surface area contributed by atoms with E-state index >= 15 is 0 Å². The topological polar surface area (TPSA) is 35.2 Å². The monoisotopic (exact) mass is 223 g/mol. The Labute approximate surface area is 95.6 Å². The maximum Gasteiger partial charge on any atom is 0.130 e. The highest BCUT2D eigenvalue weighted by Gasteiger charge is 2.43. The lowest BCUT2D eigenvalue weighted by molar-refractivity contribution is 0.388. The second kappa shape index (κ2) is 4.06. The fourth-order valence-corrected chi connectivity index (χ4v) is 2.30. The van der Waals surface area contributed by atoms with Gasteiger partial charge in [0.2, 0.25) is 0 Å². The van der Waals surface area contributed by atoms with E-state index in [0.717, 1.165) is 18.4 Å². The van der Waals surface area contributed by atoms with E-state index in [1.165, 1.54) is 13.2 Å². The van der Waals surface area contributed by atoms with Crippen LogP contribution in [0.15, 0.2) is 18.2 Å². The summed E-state index contributed by atoms with van der Waals surface area (Å²) in [7, 11) is 1.54. The minimum atomic E-state index is -0.226. The highest BCUT2D eigenvalue weighted by Crippen LogP contribution is 2.47. The van der Waals surface area contributed by atoms with Crippen molar-refractivity contribution in [2.75, 3.05) is 13.7 Å². The molecule has 1 saturated carbocycles. The predicted molar refractivity (Wildman–Crippen MR) is 62.1 cm³/mol. The minimum Gasteiger partial charge on any atom is -0.497 e. The first-order chi connectivity index (χ1) is 7.61. The molecule has 1 aliphatic rings. The first-order valence-corrected chi connectivity index (χ1v) is 5.66.